The zero-order valence-corrected chi connectivity index (χ0v) is 14.3. The van der Waals surface area contributed by atoms with E-state index in [-0.39, 0.29) is 12.0 Å². The number of methoxy groups -OCH3 is 1. The summed E-state index contributed by atoms with van der Waals surface area (Å²) < 4.78 is 16.5. The zero-order valence-electron chi connectivity index (χ0n) is 14.3. The van der Waals surface area contributed by atoms with Crippen molar-refractivity contribution in [3.8, 4) is 5.75 Å². The van der Waals surface area contributed by atoms with Crippen LogP contribution < -0.4 is 10.1 Å². The van der Waals surface area contributed by atoms with Crippen molar-refractivity contribution in [3.05, 3.63) is 29.3 Å². The molecule has 1 amide bonds. The van der Waals surface area contributed by atoms with E-state index in [2.05, 4.69) is 19.2 Å². The number of benzene rings is 1. The topological polar surface area (TPSA) is 56.8 Å². The van der Waals surface area contributed by atoms with Gasteiger partial charge in [0, 0.05) is 30.9 Å². The predicted molar refractivity (Wildman–Crippen MR) is 88.8 cm³/mol. The van der Waals surface area contributed by atoms with Crippen LogP contribution in [-0.2, 0) is 16.1 Å². The van der Waals surface area contributed by atoms with Crippen LogP contribution in [0.4, 0.5) is 0 Å². The molecule has 0 bridgehead atoms. The zero-order chi connectivity index (χ0) is 16.7. The van der Waals surface area contributed by atoms with Gasteiger partial charge >= 0.3 is 0 Å². The molecule has 0 aliphatic carbocycles. The highest BCUT2D eigenvalue weighted by atomic mass is 16.5. The molecule has 1 fully saturated rings. The smallest absolute Gasteiger partial charge is 0.251 e. The van der Waals surface area contributed by atoms with Crippen molar-refractivity contribution < 1.29 is 19.0 Å². The number of carbonyl (C=O) groups is 1. The van der Waals surface area contributed by atoms with Crippen molar-refractivity contribution in [2.75, 3.05) is 26.9 Å². The van der Waals surface area contributed by atoms with Crippen molar-refractivity contribution in [1.82, 2.24) is 5.32 Å². The highest BCUT2D eigenvalue weighted by Gasteiger charge is 2.17. The molecule has 2 rings (SSSR count). The van der Waals surface area contributed by atoms with Gasteiger partial charge in [-0.15, -0.1) is 0 Å². The fraction of sp³-hybridized carbons (Fsp3) is 0.611. The lowest BCUT2D eigenvalue weighted by Crippen LogP contribution is -2.31. The van der Waals surface area contributed by atoms with Crippen molar-refractivity contribution >= 4 is 5.91 Å². The third kappa shape index (κ3) is 5.52. The molecule has 1 aliphatic heterocycles. The Kier molecular flexibility index (Phi) is 6.86. The molecule has 5 nitrogen and oxygen atoms in total. The number of rotatable bonds is 8. The molecule has 1 aromatic carbocycles. The van der Waals surface area contributed by atoms with Gasteiger partial charge in [-0.1, -0.05) is 13.8 Å². The molecule has 1 atom stereocenters. The van der Waals surface area contributed by atoms with Crippen LogP contribution in [0.25, 0.3) is 0 Å². The second kappa shape index (κ2) is 8.89. The molecule has 1 heterocycles. The Balaban J connectivity index is 1.95. The lowest BCUT2D eigenvalue weighted by molar-refractivity contribution is 0.0855. The average Bonchev–Trinajstić information content (AvgIpc) is 3.05. The minimum atomic E-state index is -0.0896. The van der Waals surface area contributed by atoms with Crippen LogP contribution >= 0.6 is 0 Å². The number of hydrogen-bond acceptors (Lipinski definition) is 4. The van der Waals surface area contributed by atoms with E-state index in [4.69, 9.17) is 14.2 Å². The maximum atomic E-state index is 12.3. The maximum absolute atomic E-state index is 12.3. The first-order chi connectivity index (χ1) is 11.1. The molecule has 0 radical (unpaired) electrons. The number of nitrogens with one attached hydrogen (secondary N) is 1. The van der Waals surface area contributed by atoms with Crippen LogP contribution in [0.1, 0.15) is 42.6 Å². The van der Waals surface area contributed by atoms with E-state index in [1.807, 2.05) is 12.1 Å². The van der Waals surface area contributed by atoms with E-state index in [1.54, 1.807) is 13.2 Å². The second-order valence-corrected chi connectivity index (χ2v) is 6.28. The molecule has 1 saturated heterocycles. The molecular weight excluding hydrogens is 294 g/mol. The standard InChI is InChI=1S/C18H27NO4/c1-13(2)11-22-12-15-9-14(6-7-17(15)21-3)18(20)19-10-16-5-4-8-23-16/h6-7,9,13,16H,4-5,8,10-12H2,1-3H3,(H,19,20). The van der Waals surface area contributed by atoms with Crippen molar-refractivity contribution in [1.29, 1.82) is 0 Å². The van der Waals surface area contributed by atoms with E-state index < -0.39 is 0 Å². The van der Waals surface area contributed by atoms with E-state index >= 15 is 0 Å². The summed E-state index contributed by atoms with van der Waals surface area (Å²) in [6.45, 7) is 6.68. The molecule has 0 aromatic heterocycles. The van der Waals surface area contributed by atoms with E-state index in [0.717, 1.165) is 30.8 Å². The van der Waals surface area contributed by atoms with Gasteiger partial charge in [0.25, 0.3) is 5.91 Å². The number of amides is 1. The predicted octanol–water partition coefficient (Wildman–Crippen LogP) is 2.78. The first kappa shape index (κ1) is 17.8. The van der Waals surface area contributed by atoms with Gasteiger partial charge in [0.15, 0.2) is 0 Å². The van der Waals surface area contributed by atoms with Gasteiger partial charge < -0.3 is 19.5 Å². The van der Waals surface area contributed by atoms with Crippen LogP contribution in [0.3, 0.4) is 0 Å². The van der Waals surface area contributed by atoms with Gasteiger partial charge in [-0.05, 0) is 37.0 Å². The number of carbonyl (C=O) groups excluding carboxylic acids is 1. The molecule has 128 valence electrons. The quantitative estimate of drug-likeness (QED) is 0.800. The largest absolute Gasteiger partial charge is 0.496 e. The van der Waals surface area contributed by atoms with Gasteiger partial charge in [-0.3, -0.25) is 4.79 Å². The first-order valence-electron chi connectivity index (χ1n) is 8.24. The lowest BCUT2D eigenvalue weighted by atomic mass is 10.1. The van der Waals surface area contributed by atoms with E-state index in [1.165, 1.54) is 0 Å². The van der Waals surface area contributed by atoms with E-state index in [9.17, 15) is 4.79 Å². The first-order valence-corrected chi connectivity index (χ1v) is 8.24. The molecule has 0 saturated carbocycles. The lowest BCUT2D eigenvalue weighted by Gasteiger charge is -2.14. The highest BCUT2D eigenvalue weighted by molar-refractivity contribution is 5.94. The molecule has 1 unspecified atom stereocenters. The van der Waals surface area contributed by atoms with Crippen LogP contribution in [0.5, 0.6) is 5.75 Å². The van der Waals surface area contributed by atoms with Gasteiger partial charge in [0.05, 0.1) is 19.8 Å². The van der Waals surface area contributed by atoms with Gasteiger partial charge in [0.2, 0.25) is 0 Å². The van der Waals surface area contributed by atoms with Gasteiger partial charge in [0.1, 0.15) is 5.75 Å². The summed E-state index contributed by atoms with van der Waals surface area (Å²) >= 11 is 0. The summed E-state index contributed by atoms with van der Waals surface area (Å²) in [4.78, 5) is 12.3. The van der Waals surface area contributed by atoms with Crippen molar-refractivity contribution in [3.63, 3.8) is 0 Å². The maximum Gasteiger partial charge on any atom is 0.251 e. The Morgan fingerprint density at radius 1 is 1.43 bits per heavy atom. The minimum Gasteiger partial charge on any atom is -0.496 e. The van der Waals surface area contributed by atoms with Gasteiger partial charge in [-0.25, -0.2) is 0 Å². The Bertz CT molecular complexity index is 510. The summed E-state index contributed by atoms with van der Waals surface area (Å²) in [5.41, 5.74) is 1.50. The summed E-state index contributed by atoms with van der Waals surface area (Å²) in [5.74, 6) is 1.12. The summed E-state index contributed by atoms with van der Waals surface area (Å²) in [5, 5.41) is 2.93. The Labute approximate surface area is 138 Å². The van der Waals surface area contributed by atoms with Crippen molar-refractivity contribution in [2.45, 2.75) is 39.4 Å². The average molecular weight is 321 g/mol. The van der Waals surface area contributed by atoms with Gasteiger partial charge in [-0.2, -0.15) is 0 Å². The fourth-order valence-electron chi connectivity index (χ4n) is 2.55. The summed E-state index contributed by atoms with van der Waals surface area (Å²) in [6, 6.07) is 5.43. The minimum absolute atomic E-state index is 0.0896. The Morgan fingerprint density at radius 3 is 2.91 bits per heavy atom. The van der Waals surface area contributed by atoms with Crippen LogP contribution in [-0.4, -0.2) is 38.9 Å². The SMILES string of the molecule is COc1ccc(C(=O)NCC2CCCO2)cc1COCC(C)C. The molecule has 1 aliphatic rings. The van der Waals surface area contributed by atoms with Crippen LogP contribution in [0.2, 0.25) is 0 Å². The molecule has 23 heavy (non-hydrogen) atoms. The number of hydrogen-bond donors (Lipinski definition) is 1. The van der Waals surface area contributed by atoms with Crippen molar-refractivity contribution in [2.24, 2.45) is 5.92 Å². The summed E-state index contributed by atoms with van der Waals surface area (Å²) in [6.07, 6.45) is 2.23. The fourth-order valence-corrected chi connectivity index (χ4v) is 2.55. The Hall–Kier alpha value is -1.59. The van der Waals surface area contributed by atoms with Crippen LogP contribution in [0, 0.1) is 5.92 Å². The van der Waals surface area contributed by atoms with Crippen LogP contribution in [0.15, 0.2) is 18.2 Å². The normalized spacial score (nSPS) is 17.5. The highest BCUT2D eigenvalue weighted by Crippen LogP contribution is 2.21. The third-order valence-electron chi connectivity index (χ3n) is 3.77. The number of ether oxygens (including phenoxy) is 3. The molecule has 1 N–H and O–H groups in total. The third-order valence-corrected chi connectivity index (χ3v) is 3.77. The second-order valence-electron chi connectivity index (χ2n) is 6.28. The summed E-state index contributed by atoms with van der Waals surface area (Å²) in [7, 11) is 1.62. The molecular formula is C18H27NO4. The molecule has 0 spiro atoms. The van der Waals surface area contributed by atoms with E-state index in [0.29, 0.717) is 31.2 Å². The monoisotopic (exact) mass is 321 g/mol. The molecule has 5 heteroatoms. The molecule has 1 aromatic rings. The Morgan fingerprint density at radius 2 is 2.26 bits per heavy atom.